The monoisotopic (exact) mass is 234 g/mol. The highest BCUT2D eigenvalue weighted by atomic mass is 16.5. The average molecular weight is 234 g/mol. The van der Waals surface area contributed by atoms with Crippen molar-refractivity contribution >= 4 is 17.9 Å². The van der Waals surface area contributed by atoms with E-state index < -0.39 is 24.0 Å². The van der Waals surface area contributed by atoms with Crippen molar-refractivity contribution in [1.29, 1.82) is 0 Å². The van der Waals surface area contributed by atoms with Crippen molar-refractivity contribution in [3.63, 3.8) is 0 Å². The van der Waals surface area contributed by atoms with E-state index in [4.69, 9.17) is 10.2 Å². The Kier molecular flexibility index (Phi) is 9.98. The van der Waals surface area contributed by atoms with Crippen LogP contribution in [0.25, 0.3) is 0 Å². The molecule has 2 N–H and O–H groups in total. The van der Waals surface area contributed by atoms with Crippen molar-refractivity contribution < 1.29 is 34.1 Å². The summed E-state index contributed by atoms with van der Waals surface area (Å²) in [5.41, 5.74) is 0. The minimum Gasteiger partial charge on any atom is -0.478 e. The molecule has 0 aromatic rings. The summed E-state index contributed by atoms with van der Waals surface area (Å²) >= 11 is 0. The normalized spacial score (nSPS) is 10.2. The van der Waals surface area contributed by atoms with Crippen LogP contribution in [0.2, 0.25) is 0 Å². The van der Waals surface area contributed by atoms with Gasteiger partial charge in [0.25, 0.3) is 0 Å². The first-order valence-electron chi connectivity index (χ1n) is 4.07. The minimum absolute atomic E-state index is 0.372. The summed E-state index contributed by atoms with van der Waals surface area (Å²) in [7, 11) is 2.30. The van der Waals surface area contributed by atoms with Crippen LogP contribution in [0.1, 0.15) is 6.42 Å². The molecule has 7 heteroatoms. The maximum Gasteiger partial charge on any atom is 0.335 e. The molecule has 0 amide bonds. The number of aliphatic hydroxyl groups is 1. The third kappa shape index (κ3) is 10.2. The Bertz CT molecular complexity index is 259. The van der Waals surface area contributed by atoms with E-state index in [0.29, 0.717) is 0 Å². The van der Waals surface area contributed by atoms with Gasteiger partial charge in [-0.3, -0.25) is 4.79 Å². The second-order valence-corrected chi connectivity index (χ2v) is 2.36. The van der Waals surface area contributed by atoms with Gasteiger partial charge in [0.2, 0.25) is 0 Å². The molecule has 0 spiro atoms. The molecular weight excluding hydrogens is 220 g/mol. The number of ether oxygens (including phenoxy) is 2. The molecular formula is C9H14O7. The molecule has 7 nitrogen and oxygen atoms in total. The van der Waals surface area contributed by atoms with Crippen LogP contribution in [0.5, 0.6) is 0 Å². The molecule has 16 heavy (non-hydrogen) atoms. The van der Waals surface area contributed by atoms with E-state index in [1.165, 1.54) is 7.11 Å². The largest absolute Gasteiger partial charge is 0.478 e. The van der Waals surface area contributed by atoms with Gasteiger partial charge in [-0.1, -0.05) is 6.58 Å². The summed E-state index contributed by atoms with van der Waals surface area (Å²) in [6.07, 6.45) is -0.962. The fraction of sp³-hybridized carbons (Fsp3) is 0.444. The van der Waals surface area contributed by atoms with Gasteiger partial charge in [-0.25, -0.2) is 9.59 Å². The summed E-state index contributed by atoms with van der Waals surface area (Å²) in [6, 6.07) is 0. The predicted octanol–water partition coefficient (Wildman–Crippen LogP) is -0.660. The summed E-state index contributed by atoms with van der Waals surface area (Å²) in [4.78, 5) is 30.2. The van der Waals surface area contributed by atoms with Gasteiger partial charge in [-0.05, 0) is 0 Å². The molecule has 92 valence electrons. The first-order valence-corrected chi connectivity index (χ1v) is 4.07. The zero-order valence-electron chi connectivity index (χ0n) is 9.00. The number of aliphatic hydroxyl groups excluding tert-OH is 1. The van der Waals surface area contributed by atoms with Gasteiger partial charge in [0.15, 0.2) is 6.10 Å². The number of carbonyl (C=O) groups excluding carboxylic acids is 2. The molecule has 0 aromatic carbocycles. The summed E-state index contributed by atoms with van der Waals surface area (Å²) < 4.78 is 8.37. The highest BCUT2D eigenvalue weighted by Gasteiger charge is 2.19. The Morgan fingerprint density at radius 2 is 1.75 bits per heavy atom. The lowest BCUT2D eigenvalue weighted by atomic mass is 10.2. The van der Waals surface area contributed by atoms with Crippen LogP contribution in [0.15, 0.2) is 12.7 Å². The van der Waals surface area contributed by atoms with Gasteiger partial charge >= 0.3 is 17.9 Å². The number of carbonyl (C=O) groups is 3. The third-order valence-corrected chi connectivity index (χ3v) is 1.24. The minimum atomic E-state index is -1.42. The molecule has 0 saturated heterocycles. The SMILES string of the molecule is C=CC(=O)O.COC(=O)CC(O)C(=O)OC. The number of rotatable bonds is 4. The Balaban J connectivity index is 0. The Morgan fingerprint density at radius 3 is 2.00 bits per heavy atom. The number of carboxylic acids is 1. The van der Waals surface area contributed by atoms with Crippen LogP contribution in [-0.4, -0.2) is 48.4 Å². The first kappa shape index (κ1) is 16.5. The zero-order valence-corrected chi connectivity index (χ0v) is 9.00. The zero-order chi connectivity index (χ0) is 13.1. The maximum absolute atomic E-state index is 10.5. The van der Waals surface area contributed by atoms with E-state index >= 15 is 0 Å². The summed E-state index contributed by atoms with van der Waals surface area (Å²) in [6.45, 7) is 2.96. The third-order valence-electron chi connectivity index (χ3n) is 1.24. The Hall–Kier alpha value is -1.89. The van der Waals surface area contributed by atoms with Crippen molar-refractivity contribution in [2.75, 3.05) is 14.2 Å². The molecule has 0 fully saturated rings. The van der Waals surface area contributed by atoms with Gasteiger partial charge in [-0.15, -0.1) is 0 Å². The van der Waals surface area contributed by atoms with Crippen molar-refractivity contribution in [3.8, 4) is 0 Å². The van der Waals surface area contributed by atoms with E-state index in [-0.39, 0.29) is 6.42 Å². The van der Waals surface area contributed by atoms with Crippen LogP contribution >= 0.6 is 0 Å². The van der Waals surface area contributed by atoms with Gasteiger partial charge in [0, 0.05) is 6.08 Å². The topological polar surface area (TPSA) is 110 Å². The second kappa shape index (κ2) is 9.66. The lowest BCUT2D eigenvalue weighted by Crippen LogP contribution is -2.25. The number of hydrogen-bond acceptors (Lipinski definition) is 6. The van der Waals surface area contributed by atoms with Crippen molar-refractivity contribution in [3.05, 3.63) is 12.7 Å². The molecule has 0 aliphatic heterocycles. The lowest BCUT2D eigenvalue weighted by molar-refractivity contribution is -0.156. The maximum atomic E-state index is 10.5. The highest BCUT2D eigenvalue weighted by Crippen LogP contribution is 1.95. The van der Waals surface area contributed by atoms with E-state index in [0.717, 1.165) is 13.2 Å². The molecule has 1 unspecified atom stereocenters. The van der Waals surface area contributed by atoms with Crippen molar-refractivity contribution in [2.24, 2.45) is 0 Å². The Morgan fingerprint density at radius 1 is 1.31 bits per heavy atom. The average Bonchev–Trinajstić information content (AvgIpc) is 2.28. The Labute approximate surface area is 92.3 Å². The van der Waals surface area contributed by atoms with E-state index in [1.807, 2.05) is 0 Å². The van der Waals surface area contributed by atoms with Gasteiger partial charge in [-0.2, -0.15) is 0 Å². The molecule has 0 bridgehead atoms. The molecule has 0 aliphatic carbocycles. The number of hydrogen-bond donors (Lipinski definition) is 2. The van der Waals surface area contributed by atoms with Crippen LogP contribution < -0.4 is 0 Å². The highest BCUT2D eigenvalue weighted by molar-refractivity contribution is 5.81. The lowest BCUT2D eigenvalue weighted by Gasteiger charge is -2.05. The summed E-state index contributed by atoms with van der Waals surface area (Å²) in [5, 5.41) is 16.4. The molecule has 0 radical (unpaired) electrons. The summed E-state index contributed by atoms with van der Waals surface area (Å²) in [5.74, 6) is -2.47. The fourth-order valence-electron chi connectivity index (χ4n) is 0.461. The number of carboxylic acid groups (broad SMARTS) is 1. The molecule has 0 aromatic heterocycles. The standard InChI is InChI=1S/C6H10O5.C3H4O2/c1-10-5(8)3-4(7)6(9)11-2;1-2-3(4)5/h4,7H,3H2,1-2H3;2H,1H2,(H,4,5). The molecule has 0 saturated carbocycles. The molecule has 0 rings (SSSR count). The van der Waals surface area contributed by atoms with Crippen molar-refractivity contribution in [2.45, 2.75) is 12.5 Å². The number of aliphatic carboxylic acids is 1. The fourth-order valence-corrected chi connectivity index (χ4v) is 0.461. The van der Waals surface area contributed by atoms with Crippen LogP contribution in [0, 0.1) is 0 Å². The van der Waals surface area contributed by atoms with Gasteiger partial charge in [0.1, 0.15) is 0 Å². The van der Waals surface area contributed by atoms with Crippen molar-refractivity contribution in [1.82, 2.24) is 0 Å². The second-order valence-electron chi connectivity index (χ2n) is 2.36. The van der Waals surface area contributed by atoms with Crippen LogP contribution in [-0.2, 0) is 23.9 Å². The van der Waals surface area contributed by atoms with Crippen LogP contribution in [0.3, 0.4) is 0 Å². The van der Waals surface area contributed by atoms with Gasteiger partial charge in [0.05, 0.1) is 20.6 Å². The molecule has 1 atom stereocenters. The number of methoxy groups -OCH3 is 2. The van der Waals surface area contributed by atoms with E-state index in [2.05, 4.69) is 16.1 Å². The van der Waals surface area contributed by atoms with E-state index in [1.54, 1.807) is 0 Å². The molecule has 0 heterocycles. The predicted molar refractivity (Wildman–Crippen MR) is 52.5 cm³/mol. The van der Waals surface area contributed by atoms with E-state index in [9.17, 15) is 14.4 Å². The number of esters is 2. The van der Waals surface area contributed by atoms with Gasteiger partial charge < -0.3 is 19.7 Å². The molecule has 0 aliphatic rings. The quantitative estimate of drug-likeness (QED) is 0.490. The van der Waals surface area contributed by atoms with Crippen LogP contribution in [0.4, 0.5) is 0 Å². The smallest absolute Gasteiger partial charge is 0.335 e. The first-order chi connectivity index (χ1) is 7.38.